The summed E-state index contributed by atoms with van der Waals surface area (Å²) in [5.41, 5.74) is 0.00241. The van der Waals surface area contributed by atoms with E-state index in [0.29, 0.717) is 17.2 Å². The number of carbonyl (C=O) groups is 2. The third-order valence-corrected chi connectivity index (χ3v) is 4.81. The molecule has 2 N–H and O–H groups in total. The Balaban J connectivity index is 2.52. The Hall–Kier alpha value is -2.09. The molecule has 0 radical (unpaired) electrons. The Morgan fingerprint density at radius 3 is 2.62 bits per heavy atom. The first-order chi connectivity index (χ1) is 12.4. The lowest BCUT2D eigenvalue weighted by atomic mass is 10.1. The van der Waals surface area contributed by atoms with Gasteiger partial charge < -0.3 is 10.6 Å². The van der Waals surface area contributed by atoms with Crippen LogP contribution in [0.5, 0.6) is 0 Å². The summed E-state index contributed by atoms with van der Waals surface area (Å²) >= 11 is 1.30. The van der Waals surface area contributed by atoms with Crippen LogP contribution in [0.3, 0.4) is 0 Å². The van der Waals surface area contributed by atoms with Crippen molar-refractivity contribution in [2.24, 2.45) is 0 Å². The van der Waals surface area contributed by atoms with Crippen molar-refractivity contribution in [1.29, 1.82) is 0 Å². The van der Waals surface area contributed by atoms with E-state index < -0.39 is 11.0 Å². The van der Waals surface area contributed by atoms with E-state index in [-0.39, 0.29) is 17.5 Å². The summed E-state index contributed by atoms with van der Waals surface area (Å²) < 4.78 is 0. The largest absolute Gasteiger partial charge is 0.354 e. The number of hydrogen-bond acceptors (Lipinski definition) is 5. The summed E-state index contributed by atoms with van der Waals surface area (Å²) in [6, 6.07) is 5.55. The van der Waals surface area contributed by atoms with Crippen molar-refractivity contribution in [2.75, 3.05) is 12.3 Å². The van der Waals surface area contributed by atoms with E-state index in [1.165, 1.54) is 43.7 Å². The normalized spacial score (nSPS) is 11.6. The second kappa shape index (κ2) is 12.3. The summed E-state index contributed by atoms with van der Waals surface area (Å²) in [7, 11) is 0. The van der Waals surface area contributed by atoms with Crippen LogP contribution < -0.4 is 10.6 Å². The Bertz CT molecular complexity index is 610. The maximum atomic E-state index is 12.3. The highest BCUT2D eigenvalue weighted by molar-refractivity contribution is 7.99. The summed E-state index contributed by atoms with van der Waals surface area (Å²) in [5, 5.41) is 16.3. The monoisotopic (exact) mass is 381 g/mol. The molecule has 1 unspecified atom stereocenters. The Morgan fingerprint density at radius 2 is 1.96 bits per heavy atom. The molecule has 1 aromatic rings. The molecule has 1 aromatic carbocycles. The van der Waals surface area contributed by atoms with Crippen LogP contribution in [-0.4, -0.2) is 35.1 Å². The van der Waals surface area contributed by atoms with Crippen LogP contribution in [0.1, 0.15) is 46.0 Å². The number of nitrogens with one attached hydrogen (secondary N) is 2. The van der Waals surface area contributed by atoms with E-state index in [9.17, 15) is 19.7 Å². The third-order valence-electron chi connectivity index (χ3n) is 3.72. The average molecular weight is 381 g/mol. The van der Waals surface area contributed by atoms with Crippen molar-refractivity contribution in [3.05, 3.63) is 34.4 Å². The number of benzene rings is 1. The van der Waals surface area contributed by atoms with Gasteiger partial charge in [-0.05, 0) is 12.5 Å². The zero-order valence-corrected chi connectivity index (χ0v) is 16.1. The van der Waals surface area contributed by atoms with Crippen molar-refractivity contribution < 1.29 is 14.5 Å². The van der Waals surface area contributed by atoms with Crippen LogP contribution in [0, 0.1) is 10.1 Å². The molecule has 8 heteroatoms. The zero-order valence-electron chi connectivity index (χ0n) is 15.3. The maximum absolute atomic E-state index is 12.3. The van der Waals surface area contributed by atoms with Crippen molar-refractivity contribution in [2.45, 2.75) is 56.9 Å². The summed E-state index contributed by atoms with van der Waals surface area (Å²) in [6.07, 6.45) is 5.51. The van der Waals surface area contributed by atoms with Gasteiger partial charge in [-0.1, -0.05) is 38.7 Å². The van der Waals surface area contributed by atoms with Gasteiger partial charge in [-0.2, -0.15) is 0 Å². The molecule has 26 heavy (non-hydrogen) atoms. The highest BCUT2D eigenvalue weighted by Gasteiger charge is 2.19. The number of unbranched alkanes of at least 4 members (excludes halogenated alkanes) is 4. The first-order valence-electron chi connectivity index (χ1n) is 8.86. The minimum Gasteiger partial charge on any atom is -0.354 e. The minimum atomic E-state index is -0.674. The van der Waals surface area contributed by atoms with Gasteiger partial charge >= 0.3 is 0 Å². The summed E-state index contributed by atoms with van der Waals surface area (Å²) in [6.45, 7) is 4.10. The van der Waals surface area contributed by atoms with Crippen LogP contribution in [0.2, 0.25) is 0 Å². The first kappa shape index (κ1) is 22.0. The molecule has 0 fully saturated rings. The number of nitrogens with zero attached hydrogens (tertiary/aromatic N) is 1. The number of nitro benzene ring substituents is 1. The van der Waals surface area contributed by atoms with Gasteiger partial charge in [0.15, 0.2) is 0 Å². The lowest BCUT2D eigenvalue weighted by molar-refractivity contribution is -0.385. The van der Waals surface area contributed by atoms with Crippen LogP contribution in [0.15, 0.2) is 29.2 Å². The Morgan fingerprint density at radius 1 is 1.23 bits per heavy atom. The van der Waals surface area contributed by atoms with E-state index in [1.807, 2.05) is 0 Å². The standard InChI is InChI=1S/C18H27N3O4S/c1-3-4-5-6-7-11-19-18(23)17(20-14(2)22)13-26-16-10-8-9-15(12-16)21(24)25/h8-10,12,17H,3-7,11,13H2,1-2H3,(H,19,23)(H,20,22). The number of rotatable bonds is 12. The number of amides is 2. The number of carbonyl (C=O) groups excluding carboxylic acids is 2. The van der Waals surface area contributed by atoms with Gasteiger partial charge in [-0.15, -0.1) is 11.8 Å². The molecule has 2 amide bonds. The molecule has 0 bridgehead atoms. The first-order valence-corrected chi connectivity index (χ1v) is 9.84. The van der Waals surface area contributed by atoms with Crippen molar-refractivity contribution in [3.63, 3.8) is 0 Å². The number of nitro groups is 1. The van der Waals surface area contributed by atoms with Crippen molar-refractivity contribution in [1.82, 2.24) is 10.6 Å². The van der Waals surface area contributed by atoms with E-state index in [0.717, 1.165) is 19.3 Å². The zero-order chi connectivity index (χ0) is 19.4. The molecule has 0 spiro atoms. The lowest BCUT2D eigenvalue weighted by Gasteiger charge is -2.17. The van der Waals surface area contributed by atoms with Crippen LogP contribution >= 0.6 is 11.8 Å². The summed E-state index contributed by atoms with van der Waals surface area (Å²) in [4.78, 5) is 34.7. The van der Waals surface area contributed by atoms with Crippen LogP contribution in [-0.2, 0) is 9.59 Å². The molecule has 0 heterocycles. The average Bonchev–Trinajstić information content (AvgIpc) is 2.61. The molecule has 0 saturated heterocycles. The molecular weight excluding hydrogens is 354 g/mol. The second-order valence-corrected chi connectivity index (χ2v) is 7.12. The number of hydrogen-bond donors (Lipinski definition) is 2. The van der Waals surface area contributed by atoms with Gasteiger partial charge in [0.05, 0.1) is 4.92 Å². The predicted octanol–water partition coefficient (Wildman–Crippen LogP) is 3.28. The van der Waals surface area contributed by atoms with E-state index in [1.54, 1.807) is 12.1 Å². The maximum Gasteiger partial charge on any atom is 0.270 e. The quantitative estimate of drug-likeness (QED) is 0.250. The summed E-state index contributed by atoms with van der Waals surface area (Å²) in [5.74, 6) is -0.205. The molecule has 0 aliphatic heterocycles. The molecule has 1 atom stereocenters. The highest BCUT2D eigenvalue weighted by atomic mass is 32.2. The topological polar surface area (TPSA) is 101 Å². The van der Waals surface area contributed by atoms with Gasteiger partial charge in [0.2, 0.25) is 11.8 Å². The van der Waals surface area contributed by atoms with Gasteiger partial charge in [0.25, 0.3) is 5.69 Å². The van der Waals surface area contributed by atoms with E-state index >= 15 is 0 Å². The molecule has 0 aromatic heterocycles. The fraction of sp³-hybridized carbons (Fsp3) is 0.556. The van der Waals surface area contributed by atoms with Gasteiger partial charge in [0.1, 0.15) is 6.04 Å². The van der Waals surface area contributed by atoms with Gasteiger partial charge in [-0.25, -0.2) is 0 Å². The second-order valence-electron chi connectivity index (χ2n) is 6.02. The van der Waals surface area contributed by atoms with Crippen LogP contribution in [0.4, 0.5) is 5.69 Å². The fourth-order valence-electron chi connectivity index (χ4n) is 2.36. The van der Waals surface area contributed by atoms with E-state index in [2.05, 4.69) is 17.6 Å². The van der Waals surface area contributed by atoms with Crippen molar-refractivity contribution in [3.8, 4) is 0 Å². The Labute approximate surface area is 158 Å². The molecule has 1 rings (SSSR count). The number of non-ortho nitro benzene ring substituents is 1. The minimum absolute atomic E-state index is 0.00241. The van der Waals surface area contributed by atoms with E-state index in [4.69, 9.17) is 0 Å². The predicted molar refractivity (Wildman–Crippen MR) is 103 cm³/mol. The smallest absolute Gasteiger partial charge is 0.270 e. The van der Waals surface area contributed by atoms with Gasteiger partial charge in [-0.3, -0.25) is 19.7 Å². The fourth-order valence-corrected chi connectivity index (χ4v) is 3.33. The van der Waals surface area contributed by atoms with Gasteiger partial charge in [0, 0.05) is 36.2 Å². The van der Waals surface area contributed by atoms with Crippen LogP contribution in [0.25, 0.3) is 0 Å². The molecule has 7 nitrogen and oxygen atoms in total. The SMILES string of the molecule is CCCCCCCNC(=O)C(CSc1cccc([N+](=O)[O-])c1)NC(C)=O. The molecule has 0 aliphatic carbocycles. The van der Waals surface area contributed by atoms with Crippen molar-refractivity contribution >= 4 is 29.3 Å². The molecule has 0 aliphatic rings. The lowest BCUT2D eigenvalue weighted by Crippen LogP contribution is -2.47. The Kier molecular flexibility index (Phi) is 10.4. The molecule has 0 saturated carbocycles. The molecular formula is C18H27N3O4S. The molecule has 144 valence electrons. The highest BCUT2D eigenvalue weighted by Crippen LogP contribution is 2.23. The number of thioether (sulfide) groups is 1. The third kappa shape index (κ3) is 8.84.